The molecule has 0 aromatic heterocycles. The first kappa shape index (κ1) is 15.5. The van der Waals surface area contributed by atoms with E-state index in [1.807, 2.05) is 21.1 Å². The summed E-state index contributed by atoms with van der Waals surface area (Å²) in [6.07, 6.45) is 3.63. The van der Waals surface area contributed by atoms with Gasteiger partial charge in [-0.05, 0) is 30.6 Å². The van der Waals surface area contributed by atoms with Gasteiger partial charge in [-0.2, -0.15) is 0 Å². The maximum Gasteiger partial charge on any atom is 0.362 e. The van der Waals surface area contributed by atoms with E-state index in [0.29, 0.717) is 28.8 Å². The van der Waals surface area contributed by atoms with Crippen LogP contribution in [0, 0.1) is 17.8 Å². The van der Waals surface area contributed by atoms with Crippen molar-refractivity contribution in [1.82, 2.24) is 0 Å². The van der Waals surface area contributed by atoms with Crippen LogP contribution in [-0.4, -0.2) is 44.2 Å². The molecular formula is C15H30NO2+. The van der Waals surface area contributed by atoms with Gasteiger partial charge >= 0.3 is 5.97 Å². The van der Waals surface area contributed by atoms with Gasteiger partial charge < -0.3 is 9.22 Å². The molecule has 3 nitrogen and oxygen atoms in total. The molecule has 0 amide bonds. The van der Waals surface area contributed by atoms with Gasteiger partial charge in [-0.15, -0.1) is 0 Å². The Morgan fingerprint density at radius 2 is 1.89 bits per heavy atom. The molecule has 0 N–H and O–H groups in total. The molecule has 0 aromatic rings. The third-order valence-corrected chi connectivity index (χ3v) is 3.85. The third kappa shape index (κ3) is 4.97. The predicted octanol–water partition coefficient (Wildman–Crippen LogP) is 2.70. The van der Waals surface area contributed by atoms with Crippen molar-refractivity contribution in [2.24, 2.45) is 17.8 Å². The summed E-state index contributed by atoms with van der Waals surface area (Å²) in [6, 6.07) is 0. The highest BCUT2D eigenvalue weighted by molar-refractivity contribution is 5.70. The molecular weight excluding hydrogens is 226 g/mol. The number of carbonyl (C=O) groups is 1. The number of likely N-dealkylation sites (N-methyl/N-ethyl adjacent to an activating group) is 1. The van der Waals surface area contributed by atoms with Gasteiger partial charge in [0.2, 0.25) is 0 Å². The minimum absolute atomic E-state index is 0.0488. The van der Waals surface area contributed by atoms with Gasteiger partial charge in [0.05, 0.1) is 21.1 Å². The molecule has 1 aliphatic rings. The van der Waals surface area contributed by atoms with E-state index >= 15 is 0 Å². The number of quaternary nitrogens is 1. The molecule has 18 heavy (non-hydrogen) atoms. The first-order valence-corrected chi connectivity index (χ1v) is 7.19. The topological polar surface area (TPSA) is 26.3 Å². The molecule has 0 aromatic carbocycles. The van der Waals surface area contributed by atoms with Crippen molar-refractivity contribution in [1.29, 1.82) is 0 Å². The Bertz CT molecular complexity index is 281. The van der Waals surface area contributed by atoms with Crippen LogP contribution in [0.3, 0.4) is 0 Å². The van der Waals surface area contributed by atoms with Gasteiger partial charge in [0, 0.05) is 0 Å². The summed E-state index contributed by atoms with van der Waals surface area (Å²) in [6.45, 7) is 7.19. The van der Waals surface area contributed by atoms with E-state index in [-0.39, 0.29) is 12.1 Å². The van der Waals surface area contributed by atoms with Gasteiger partial charge in [-0.3, -0.25) is 0 Å². The van der Waals surface area contributed by atoms with Crippen molar-refractivity contribution in [3.05, 3.63) is 0 Å². The predicted molar refractivity (Wildman–Crippen MR) is 74.1 cm³/mol. The molecule has 3 atom stereocenters. The van der Waals surface area contributed by atoms with Crippen LogP contribution >= 0.6 is 0 Å². The number of hydrogen-bond acceptors (Lipinski definition) is 2. The van der Waals surface area contributed by atoms with E-state index in [2.05, 4.69) is 20.8 Å². The Labute approximate surface area is 112 Å². The number of ether oxygens (including phenoxy) is 1. The maximum atomic E-state index is 12.0. The molecule has 0 spiro atoms. The summed E-state index contributed by atoms with van der Waals surface area (Å²) in [5, 5.41) is 0. The Morgan fingerprint density at radius 1 is 1.28 bits per heavy atom. The van der Waals surface area contributed by atoms with Gasteiger partial charge in [0.1, 0.15) is 6.10 Å². The summed E-state index contributed by atoms with van der Waals surface area (Å²) in [7, 11) is 6.06. The standard InChI is InChI=1S/C15H30NO2/c1-11(2)13-8-7-12(3)9-14(13)18-15(17)10-16(4,5)6/h11-14H,7-10H2,1-6H3/q+1/t12-,13+,14-/m0/s1. The molecule has 3 heteroatoms. The van der Waals surface area contributed by atoms with Crippen LogP contribution in [-0.2, 0) is 9.53 Å². The first-order valence-electron chi connectivity index (χ1n) is 7.19. The second-order valence-electron chi connectivity index (χ2n) is 7.30. The van der Waals surface area contributed by atoms with Crippen molar-refractivity contribution in [3.8, 4) is 0 Å². The minimum atomic E-state index is -0.0488. The Hall–Kier alpha value is -0.570. The van der Waals surface area contributed by atoms with Crippen molar-refractivity contribution in [2.75, 3.05) is 27.7 Å². The van der Waals surface area contributed by atoms with E-state index in [0.717, 1.165) is 6.42 Å². The van der Waals surface area contributed by atoms with Crippen LogP contribution in [0.4, 0.5) is 0 Å². The molecule has 0 radical (unpaired) electrons. The summed E-state index contributed by atoms with van der Waals surface area (Å²) in [5.41, 5.74) is 0. The highest BCUT2D eigenvalue weighted by Gasteiger charge is 2.34. The number of nitrogens with zero attached hydrogens (tertiary/aromatic N) is 1. The first-order chi connectivity index (χ1) is 8.19. The monoisotopic (exact) mass is 256 g/mol. The van der Waals surface area contributed by atoms with Crippen LogP contribution in [0.1, 0.15) is 40.0 Å². The van der Waals surface area contributed by atoms with E-state index < -0.39 is 0 Å². The smallest absolute Gasteiger partial charge is 0.362 e. The molecule has 0 saturated heterocycles. The summed E-state index contributed by atoms with van der Waals surface area (Å²) >= 11 is 0. The molecule has 1 saturated carbocycles. The van der Waals surface area contributed by atoms with Crippen LogP contribution in [0.5, 0.6) is 0 Å². The zero-order valence-corrected chi connectivity index (χ0v) is 12.9. The second kappa shape index (κ2) is 6.05. The number of carbonyl (C=O) groups excluding carboxylic acids is 1. The molecule has 0 bridgehead atoms. The van der Waals surface area contributed by atoms with Crippen LogP contribution in [0.15, 0.2) is 0 Å². The van der Waals surface area contributed by atoms with Crippen LogP contribution < -0.4 is 0 Å². The second-order valence-corrected chi connectivity index (χ2v) is 7.30. The van der Waals surface area contributed by atoms with Gasteiger partial charge in [-0.25, -0.2) is 4.79 Å². The van der Waals surface area contributed by atoms with Gasteiger partial charge in [0.15, 0.2) is 6.54 Å². The van der Waals surface area contributed by atoms with Crippen molar-refractivity contribution < 1.29 is 14.0 Å². The molecule has 0 unspecified atom stereocenters. The summed E-state index contributed by atoms with van der Waals surface area (Å²) < 4.78 is 6.39. The SMILES string of the molecule is CC(C)[C@H]1CC[C@H](C)C[C@@H]1OC(=O)C[N+](C)(C)C. The molecule has 106 valence electrons. The van der Waals surface area contributed by atoms with Crippen molar-refractivity contribution >= 4 is 5.97 Å². The maximum absolute atomic E-state index is 12.0. The fourth-order valence-electron chi connectivity index (χ4n) is 2.84. The van der Waals surface area contributed by atoms with Crippen LogP contribution in [0.25, 0.3) is 0 Å². The van der Waals surface area contributed by atoms with Gasteiger partial charge in [-0.1, -0.05) is 27.2 Å². The fraction of sp³-hybridized carbons (Fsp3) is 0.933. The average Bonchev–Trinajstić information content (AvgIpc) is 2.13. The summed E-state index contributed by atoms with van der Waals surface area (Å²) in [4.78, 5) is 12.0. The highest BCUT2D eigenvalue weighted by Crippen LogP contribution is 2.35. The lowest BCUT2D eigenvalue weighted by molar-refractivity contribution is -0.862. The zero-order chi connectivity index (χ0) is 13.9. The van der Waals surface area contributed by atoms with Crippen molar-refractivity contribution in [3.63, 3.8) is 0 Å². The molecule has 1 fully saturated rings. The number of rotatable bonds is 4. The molecule has 0 aliphatic heterocycles. The number of esters is 1. The lowest BCUT2D eigenvalue weighted by atomic mass is 9.75. The largest absolute Gasteiger partial charge is 0.458 e. The molecule has 1 aliphatic carbocycles. The average molecular weight is 256 g/mol. The molecule has 1 rings (SSSR count). The Kier molecular flexibility index (Phi) is 5.20. The third-order valence-electron chi connectivity index (χ3n) is 3.85. The zero-order valence-electron chi connectivity index (χ0n) is 12.9. The van der Waals surface area contributed by atoms with E-state index in [1.165, 1.54) is 12.8 Å². The Balaban J connectivity index is 2.58. The van der Waals surface area contributed by atoms with Gasteiger partial charge in [0.25, 0.3) is 0 Å². The lowest BCUT2D eigenvalue weighted by Crippen LogP contribution is -2.43. The Morgan fingerprint density at radius 3 is 2.39 bits per heavy atom. The normalized spacial score (nSPS) is 29.4. The number of hydrogen-bond donors (Lipinski definition) is 0. The van der Waals surface area contributed by atoms with E-state index in [4.69, 9.17) is 4.74 Å². The van der Waals surface area contributed by atoms with E-state index in [1.54, 1.807) is 0 Å². The fourth-order valence-corrected chi connectivity index (χ4v) is 2.84. The summed E-state index contributed by atoms with van der Waals surface area (Å²) in [5.74, 6) is 1.77. The van der Waals surface area contributed by atoms with Crippen LogP contribution in [0.2, 0.25) is 0 Å². The highest BCUT2D eigenvalue weighted by atomic mass is 16.5. The lowest BCUT2D eigenvalue weighted by Gasteiger charge is -2.37. The van der Waals surface area contributed by atoms with Crippen molar-refractivity contribution in [2.45, 2.75) is 46.1 Å². The quantitative estimate of drug-likeness (QED) is 0.571. The minimum Gasteiger partial charge on any atom is -0.458 e. The molecule has 0 heterocycles. The van der Waals surface area contributed by atoms with E-state index in [9.17, 15) is 4.79 Å².